The van der Waals surface area contributed by atoms with Crippen molar-refractivity contribution in [2.45, 2.75) is 0 Å². The fraction of sp³-hybridized carbons (Fsp3) is 0.286. The number of rotatable bonds is 8. The number of quaternary nitrogens is 1. The van der Waals surface area contributed by atoms with Crippen LogP contribution in [0.1, 0.15) is 0 Å². The number of azo groups is 1. The first-order valence-corrected chi connectivity index (χ1v) is 6.56. The Bertz CT molecular complexity index is 564. The lowest BCUT2D eigenvalue weighted by molar-refractivity contribution is -0.844. The summed E-state index contributed by atoms with van der Waals surface area (Å²) < 4.78 is 0. The molecule has 118 valence electrons. The summed E-state index contributed by atoms with van der Waals surface area (Å²) in [7, 11) is 5.35. The fourth-order valence-corrected chi connectivity index (χ4v) is 1.48. The molecule has 0 atom stereocenters. The molecule has 8 heteroatoms. The minimum atomic E-state index is -0.497. The molecular weight excluding hydrogens is 286 g/mol. The van der Waals surface area contributed by atoms with E-state index in [-0.39, 0.29) is 12.2 Å². The van der Waals surface area contributed by atoms with Crippen molar-refractivity contribution in [3.05, 3.63) is 58.4 Å². The topological polar surface area (TPSA) is 96.9 Å². The van der Waals surface area contributed by atoms with Crippen molar-refractivity contribution in [2.75, 3.05) is 32.6 Å². The maximum Gasteiger partial charge on any atom is 0.324 e. The maximum absolute atomic E-state index is 10.7. The summed E-state index contributed by atoms with van der Waals surface area (Å²) >= 11 is 0. The van der Waals surface area contributed by atoms with Gasteiger partial charge in [0, 0.05) is 25.9 Å². The van der Waals surface area contributed by atoms with Gasteiger partial charge in [-0.1, -0.05) is 6.08 Å². The van der Waals surface area contributed by atoms with Gasteiger partial charge in [-0.25, -0.2) is 4.84 Å². The largest absolute Gasteiger partial charge is 0.378 e. The van der Waals surface area contributed by atoms with E-state index in [4.69, 9.17) is 0 Å². The second-order valence-electron chi connectivity index (χ2n) is 4.46. The lowest BCUT2D eigenvalue weighted by Crippen LogP contribution is -2.76. The van der Waals surface area contributed by atoms with Crippen molar-refractivity contribution in [3.63, 3.8) is 0 Å². The number of hydroxylamine groups is 1. The van der Waals surface area contributed by atoms with Gasteiger partial charge in [0.05, 0.1) is 24.3 Å². The molecule has 1 aromatic carbocycles. The van der Waals surface area contributed by atoms with Gasteiger partial charge in [-0.3, -0.25) is 10.1 Å². The highest BCUT2D eigenvalue weighted by Gasteiger charge is 2.07. The van der Waals surface area contributed by atoms with E-state index in [0.717, 1.165) is 11.4 Å². The fourth-order valence-electron chi connectivity index (χ4n) is 1.48. The van der Waals surface area contributed by atoms with Crippen LogP contribution in [-0.2, 0) is 4.84 Å². The number of nitrogens with zero attached hydrogens (tertiary/aromatic N) is 4. The molecule has 1 rings (SSSR count). The Morgan fingerprint density at radius 3 is 2.64 bits per heavy atom. The molecule has 8 nitrogen and oxygen atoms in total. The molecule has 22 heavy (non-hydrogen) atoms. The number of hydrogen-bond acceptors (Lipinski definition) is 6. The summed E-state index contributed by atoms with van der Waals surface area (Å²) in [5.41, 5.74) is 2.98. The minimum Gasteiger partial charge on any atom is -0.378 e. The Morgan fingerprint density at radius 2 is 2.09 bits per heavy atom. The summed E-state index contributed by atoms with van der Waals surface area (Å²) in [5.74, 6) is 0. The predicted molar refractivity (Wildman–Crippen MR) is 83.3 cm³/mol. The quantitative estimate of drug-likeness (QED) is 0.342. The van der Waals surface area contributed by atoms with Gasteiger partial charge in [0.1, 0.15) is 0 Å². The second kappa shape index (κ2) is 9.37. The summed E-state index contributed by atoms with van der Waals surface area (Å²) in [6.07, 6.45) is 4.20. The van der Waals surface area contributed by atoms with Crippen LogP contribution in [-0.4, -0.2) is 32.7 Å². The average molecular weight is 306 g/mol. The minimum absolute atomic E-state index is 0.0765. The summed E-state index contributed by atoms with van der Waals surface area (Å²) in [6, 6.07) is 7.60. The van der Waals surface area contributed by atoms with Crippen LogP contribution in [0.3, 0.4) is 0 Å². The van der Waals surface area contributed by atoms with Crippen molar-refractivity contribution < 1.29 is 15.2 Å². The van der Waals surface area contributed by atoms with E-state index in [1.165, 1.54) is 24.9 Å². The monoisotopic (exact) mass is 306 g/mol. The predicted octanol–water partition coefficient (Wildman–Crippen LogP) is 1.64. The van der Waals surface area contributed by atoms with Crippen molar-refractivity contribution in [3.8, 4) is 0 Å². The van der Waals surface area contributed by atoms with E-state index in [9.17, 15) is 10.1 Å². The molecule has 0 saturated heterocycles. The van der Waals surface area contributed by atoms with Gasteiger partial charge >= 0.3 is 5.70 Å². The van der Waals surface area contributed by atoms with Crippen molar-refractivity contribution in [1.82, 2.24) is 0 Å². The summed E-state index contributed by atoms with van der Waals surface area (Å²) in [6.45, 7) is 0.258. The Hall–Kier alpha value is -2.58. The Morgan fingerprint density at radius 1 is 1.41 bits per heavy atom. The van der Waals surface area contributed by atoms with Crippen LogP contribution in [0, 0.1) is 10.1 Å². The van der Waals surface area contributed by atoms with Gasteiger partial charge in [-0.05, 0) is 24.3 Å². The second-order valence-corrected chi connectivity index (χ2v) is 4.46. The van der Waals surface area contributed by atoms with E-state index < -0.39 is 4.92 Å². The Balaban J connectivity index is 2.54. The number of nitro groups is 1. The van der Waals surface area contributed by atoms with Crippen molar-refractivity contribution in [2.24, 2.45) is 10.2 Å². The average Bonchev–Trinajstić information content (AvgIpc) is 2.50. The molecule has 0 heterocycles. The van der Waals surface area contributed by atoms with E-state index >= 15 is 0 Å². The summed E-state index contributed by atoms with van der Waals surface area (Å²) in [5, 5.41) is 18.7. The van der Waals surface area contributed by atoms with Gasteiger partial charge < -0.3 is 4.90 Å². The zero-order chi connectivity index (χ0) is 16.4. The van der Waals surface area contributed by atoms with Gasteiger partial charge in [-0.15, -0.1) is 0 Å². The zero-order valence-corrected chi connectivity index (χ0v) is 12.8. The SMILES string of the molecule is CO[NH2+]/C=C(\C=C/CN=Nc1ccc(N(C)C)cc1)[N+](=O)[O-]. The van der Waals surface area contributed by atoms with Crippen LogP contribution in [0.25, 0.3) is 0 Å². The smallest absolute Gasteiger partial charge is 0.324 e. The molecule has 2 N–H and O–H groups in total. The molecule has 0 saturated carbocycles. The number of hydrogen-bond donors (Lipinski definition) is 1. The molecule has 0 aliphatic heterocycles. The summed E-state index contributed by atoms with van der Waals surface area (Å²) in [4.78, 5) is 16.9. The number of anilines is 1. The molecular formula is C14H20N5O3+. The first kappa shape index (κ1) is 17.5. The normalized spacial score (nSPS) is 12.2. The first-order valence-electron chi connectivity index (χ1n) is 6.56. The van der Waals surface area contributed by atoms with Gasteiger partial charge in [0.25, 0.3) is 0 Å². The van der Waals surface area contributed by atoms with E-state index in [1.54, 1.807) is 6.08 Å². The molecule has 0 radical (unpaired) electrons. The lowest BCUT2D eigenvalue weighted by atomic mass is 10.3. The van der Waals surface area contributed by atoms with Gasteiger partial charge in [0.2, 0.25) is 6.20 Å². The molecule has 0 spiro atoms. The number of allylic oxidation sites excluding steroid dienone is 1. The van der Waals surface area contributed by atoms with Crippen molar-refractivity contribution in [1.29, 1.82) is 0 Å². The van der Waals surface area contributed by atoms with Crippen LogP contribution in [0.15, 0.2) is 58.5 Å². The molecule has 0 unspecified atom stereocenters. The molecule has 0 aliphatic carbocycles. The number of benzene rings is 1. The number of nitrogens with two attached hydrogens (primary N) is 1. The van der Waals surface area contributed by atoms with Crippen LogP contribution in [0.5, 0.6) is 0 Å². The highest BCUT2D eigenvalue weighted by molar-refractivity contribution is 5.51. The van der Waals surface area contributed by atoms with Gasteiger partial charge in [-0.2, -0.15) is 15.7 Å². The molecule has 0 fully saturated rings. The lowest BCUT2D eigenvalue weighted by Gasteiger charge is -2.11. The first-order chi connectivity index (χ1) is 10.5. The van der Waals surface area contributed by atoms with E-state index in [2.05, 4.69) is 15.1 Å². The molecule has 0 amide bonds. The maximum atomic E-state index is 10.7. The third-order valence-electron chi connectivity index (χ3n) is 2.61. The third-order valence-corrected chi connectivity index (χ3v) is 2.61. The van der Waals surface area contributed by atoms with Crippen LogP contribution < -0.4 is 10.4 Å². The Kier molecular flexibility index (Phi) is 7.44. The van der Waals surface area contributed by atoms with Crippen LogP contribution >= 0.6 is 0 Å². The highest BCUT2D eigenvalue weighted by atomic mass is 16.6. The van der Waals surface area contributed by atoms with Gasteiger partial charge in [0.15, 0.2) is 0 Å². The molecule has 1 aromatic rings. The van der Waals surface area contributed by atoms with E-state index in [1.807, 2.05) is 43.3 Å². The van der Waals surface area contributed by atoms with Crippen molar-refractivity contribution >= 4 is 11.4 Å². The Labute approximate surface area is 128 Å². The van der Waals surface area contributed by atoms with Crippen LogP contribution in [0.2, 0.25) is 0 Å². The molecule has 0 bridgehead atoms. The zero-order valence-electron chi connectivity index (χ0n) is 12.8. The van der Waals surface area contributed by atoms with E-state index in [0.29, 0.717) is 0 Å². The molecule has 0 aliphatic rings. The molecule has 0 aromatic heterocycles. The highest BCUT2D eigenvalue weighted by Crippen LogP contribution is 2.18. The third kappa shape index (κ3) is 6.25. The van der Waals surface area contributed by atoms with Crippen LogP contribution in [0.4, 0.5) is 11.4 Å². The standard InChI is InChI=1S/C14H19N5O3/c1-18(2)13-8-6-12(7-9-13)17-15-10-4-5-14(19(20)21)11-16-22-3/h4-9,11,16H,10H2,1-3H3/p+1/b5-4-,14-11+,17-15?.